The van der Waals surface area contributed by atoms with E-state index in [4.69, 9.17) is 0 Å². The molecule has 0 saturated carbocycles. The minimum absolute atomic E-state index is 0.0165. The van der Waals surface area contributed by atoms with Crippen molar-refractivity contribution in [2.45, 2.75) is 38.1 Å². The number of anilines is 1. The van der Waals surface area contributed by atoms with Crippen LogP contribution in [-0.2, 0) is 11.3 Å². The molecule has 5 nitrogen and oxygen atoms in total. The molecule has 2 amide bonds. The number of benzene rings is 1. The second-order valence-corrected chi connectivity index (χ2v) is 8.11. The SMILES string of the molecule is CCCN(CCC)C(=O)c1csc(CN2C(=O)CSc3ccccc32)n1. The van der Waals surface area contributed by atoms with Gasteiger partial charge in [-0.25, -0.2) is 4.98 Å². The van der Waals surface area contributed by atoms with Gasteiger partial charge in [-0.2, -0.15) is 0 Å². The van der Waals surface area contributed by atoms with E-state index in [1.807, 2.05) is 34.5 Å². The molecule has 1 aromatic heterocycles. The van der Waals surface area contributed by atoms with Crippen LogP contribution in [0.15, 0.2) is 34.5 Å². The molecular weight excluding hydrogens is 366 g/mol. The van der Waals surface area contributed by atoms with Gasteiger partial charge in [0.2, 0.25) is 5.91 Å². The van der Waals surface area contributed by atoms with Crippen LogP contribution in [0, 0.1) is 0 Å². The fourth-order valence-electron chi connectivity index (χ4n) is 2.96. The number of fused-ring (bicyclic) bond motifs is 1. The normalized spacial score (nSPS) is 13.6. The minimum Gasteiger partial charge on any atom is -0.337 e. The summed E-state index contributed by atoms with van der Waals surface area (Å²) >= 11 is 3.01. The Bertz CT molecular complexity index is 785. The number of rotatable bonds is 7. The van der Waals surface area contributed by atoms with E-state index >= 15 is 0 Å². The van der Waals surface area contributed by atoms with Gasteiger partial charge in [-0.3, -0.25) is 9.59 Å². The first-order valence-electron chi connectivity index (χ1n) is 8.89. The van der Waals surface area contributed by atoms with Crippen molar-refractivity contribution in [2.75, 3.05) is 23.7 Å². The molecule has 1 aliphatic rings. The van der Waals surface area contributed by atoms with Crippen LogP contribution in [0.5, 0.6) is 0 Å². The molecular formula is C19H23N3O2S2. The summed E-state index contributed by atoms with van der Waals surface area (Å²) in [6.45, 7) is 6.04. The highest BCUT2D eigenvalue weighted by Crippen LogP contribution is 2.36. The highest BCUT2D eigenvalue weighted by Gasteiger charge is 2.26. The average Bonchev–Trinajstić information content (AvgIpc) is 3.12. The second-order valence-electron chi connectivity index (χ2n) is 6.15. The smallest absolute Gasteiger partial charge is 0.273 e. The number of nitrogens with zero attached hydrogens (tertiary/aromatic N) is 3. The van der Waals surface area contributed by atoms with Crippen LogP contribution in [0.3, 0.4) is 0 Å². The van der Waals surface area contributed by atoms with E-state index in [1.165, 1.54) is 11.3 Å². The van der Waals surface area contributed by atoms with E-state index in [1.54, 1.807) is 16.7 Å². The lowest BCUT2D eigenvalue weighted by Crippen LogP contribution is -2.35. The van der Waals surface area contributed by atoms with Gasteiger partial charge in [-0.15, -0.1) is 23.1 Å². The molecule has 0 radical (unpaired) electrons. The van der Waals surface area contributed by atoms with E-state index in [0.29, 0.717) is 18.0 Å². The Hall–Kier alpha value is -1.86. The largest absolute Gasteiger partial charge is 0.337 e. The van der Waals surface area contributed by atoms with Crippen molar-refractivity contribution in [1.29, 1.82) is 0 Å². The van der Waals surface area contributed by atoms with E-state index in [2.05, 4.69) is 18.8 Å². The van der Waals surface area contributed by atoms with Gasteiger partial charge in [0.05, 0.1) is 18.0 Å². The van der Waals surface area contributed by atoms with Crippen LogP contribution in [-0.4, -0.2) is 40.5 Å². The third kappa shape index (κ3) is 4.10. The van der Waals surface area contributed by atoms with Gasteiger partial charge in [-0.05, 0) is 25.0 Å². The third-order valence-corrected chi connectivity index (χ3v) is 6.03. The predicted molar refractivity (Wildman–Crippen MR) is 107 cm³/mol. The van der Waals surface area contributed by atoms with Gasteiger partial charge in [0.15, 0.2) is 0 Å². The third-order valence-electron chi connectivity index (χ3n) is 4.15. The summed E-state index contributed by atoms with van der Waals surface area (Å²) in [5.74, 6) is 0.502. The molecule has 0 fully saturated rings. The zero-order valence-electron chi connectivity index (χ0n) is 15.1. The molecule has 0 bridgehead atoms. The Morgan fingerprint density at radius 3 is 2.69 bits per heavy atom. The van der Waals surface area contributed by atoms with Crippen molar-refractivity contribution in [2.24, 2.45) is 0 Å². The summed E-state index contributed by atoms with van der Waals surface area (Å²) in [7, 11) is 0. The van der Waals surface area contributed by atoms with Crippen molar-refractivity contribution in [3.8, 4) is 0 Å². The molecule has 2 aromatic rings. The highest BCUT2D eigenvalue weighted by atomic mass is 32.2. The first-order chi connectivity index (χ1) is 12.6. The Morgan fingerprint density at radius 1 is 1.23 bits per heavy atom. The number of carbonyl (C=O) groups excluding carboxylic acids is 2. The van der Waals surface area contributed by atoms with Crippen LogP contribution in [0.1, 0.15) is 42.2 Å². The predicted octanol–water partition coefficient (Wildman–Crippen LogP) is 4.04. The lowest BCUT2D eigenvalue weighted by atomic mass is 10.2. The van der Waals surface area contributed by atoms with Crippen molar-refractivity contribution in [3.05, 3.63) is 40.3 Å². The maximum Gasteiger partial charge on any atom is 0.273 e. The molecule has 26 heavy (non-hydrogen) atoms. The molecule has 0 aliphatic carbocycles. The Labute approximate surface area is 162 Å². The van der Waals surface area contributed by atoms with Gasteiger partial charge in [0, 0.05) is 23.4 Å². The maximum absolute atomic E-state index is 12.7. The molecule has 0 N–H and O–H groups in total. The van der Waals surface area contributed by atoms with Crippen LogP contribution in [0.4, 0.5) is 5.69 Å². The topological polar surface area (TPSA) is 53.5 Å². The maximum atomic E-state index is 12.7. The molecule has 138 valence electrons. The number of carbonyl (C=O) groups is 2. The summed E-state index contributed by atoms with van der Waals surface area (Å²) in [5, 5.41) is 2.60. The fourth-order valence-corrected chi connectivity index (χ4v) is 4.65. The number of aromatic nitrogens is 1. The zero-order chi connectivity index (χ0) is 18.5. The number of thiazole rings is 1. The molecule has 3 rings (SSSR count). The van der Waals surface area contributed by atoms with E-state index in [-0.39, 0.29) is 11.8 Å². The van der Waals surface area contributed by atoms with Gasteiger partial charge in [-0.1, -0.05) is 26.0 Å². The minimum atomic E-state index is -0.0165. The van der Waals surface area contributed by atoms with Gasteiger partial charge in [0.25, 0.3) is 5.91 Å². The van der Waals surface area contributed by atoms with Crippen molar-refractivity contribution >= 4 is 40.6 Å². The molecule has 0 spiro atoms. The Kier molecular flexibility index (Phi) is 6.32. The number of amides is 2. The van der Waals surface area contributed by atoms with Crippen molar-refractivity contribution in [3.63, 3.8) is 0 Å². The quantitative estimate of drug-likeness (QED) is 0.717. The summed E-state index contributed by atoms with van der Waals surface area (Å²) in [6.07, 6.45) is 1.86. The van der Waals surface area contributed by atoms with Crippen LogP contribution < -0.4 is 4.90 Å². The van der Waals surface area contributed by atoms with Crippen LogP contribution in [0.2, 0.25) is 0 Å². The van der Waals surface area contributed by atoms with Crippen molar-refractivity contribution in [1.82, 2.24) is 9.88 Å². The monoisotopic (exact) mass is 389 g/mol. The second kappa shape index (κ2) is 8.68. The standard InChI is InChI=1S/C19H23N3O2S2/c1-3-9-21(10-4-2)19(24)14-12-26-17(20-14)11-22-15-7-5-6-8-16(15)25-13-18(22)23/h5-8,12H,3-4,9-11,13H2,1-2H3. The molecule has 1 aromatic carbocycles. The molecule has 1 aliphatic heterocycles. The lowest BCUT2D eigenvalue weighted by molar-refractivity contribution is -0.116. The lowest BCUT2D eigenvalue weighted by Gasteiger charge is -2.28. The average molecular weight is 390 g/mol. The molecule has 0 unspecified atom stereocenters. The van der Waals surface area contributed by atoms with Crippen LogP contribution >= 0.6 is 23.1 Å². The first kappa shape index (κ1) is 18.9. The summed E-state index contributed by atoms with van der Waals surface area (Å²) < 4.78 is 0. The highest BCUT2D eigenvalue weighted by molar-refractivity contribution is 8.00. The van der Waals surface area contributed by atoms with Crippen molar-refractivity contribution < 1.29 is 9.59 Å². The fraction of sp³-hybridized carbons (Fsp3) is 0.421. The zero-order valence-corrected chi connectivity index (χ0v) is 16.7. The molecule has 7 heteroatoms. The molecule has 0 atom stereocenters. The van der Waals surface area contributed by atoms with E-state index < -0.39 is 0 Å². The van der Waals surface area contributed by atoms with Gasteiger partial charge in [0.1, 0.15) is 10.7 Å². The summed E-state index contributed by atoms with van der Waals surface area (Å²) in [5.41, 5.74) is 1.41. The Morgan fingerprint density at radius 2 is 1.96 bits per heavy atom. The number of hydrogen-bond donors (Lipinski definition) is 0. The molecule has 2 heterocycles. The Balaban J connectivity index is 1.76. The number of hydrogen-bond acceptors (Lipinski definition) is 5. The van der Waals surface area contributed by atoms with Crippen LogP contribution in [0.25, 0.3) is 0 Å². The number of para-hydroxylation sites is 1. The van der Waals surface area contributed by atoms with Gasteiger partial charge >= 0.3 is 0 Å². The van der Waals surface area contributed by atoms with E-state index in [0.717, 1.165) is 41.5 Å². The van der Waals surface area contributed by atoms with Gasteiger partial charge < -0.3 is 9.80 Å². The van der Waals surface area contributed by atoms with E-state index in [9.17, 15) is 9.59 Å². The first-order valence-corrected chi connectivity index (χ1v) is 10.8. The summed E-state index contributed by atoms with van der Waals surface area (Å²) in [4.78, 5) is 34.3. The summed E-state index contributed by atoms with van der Waals surface area (Å²) in [6, 6.07) is 7.91. The number of thioether (sulfide) groups is 1. The molecule has 0 saturated heterocycles.